The van der Waals surface area contributed by atoms with Gasteiger partial charge in [-0.2, -0.15) is 0 Å². The van der Waals surface area contributed by atoms with E-state index in [0.29, 0.717) is 6.01 Å². The molecule has 0 saturated carbocycles. The van der Waals surface area contributed by atoms with Crippen molar-refractivity contribution in [2.75, 3.05) is 12.0 Å². The van der Waals surface area contributed by atoms with Crippen LogP contribution in [-0.4, -0.2) is 16.8 Å². The molecular formula is C4H6N2O2. The van der Waals surface area contributed by atoms with Crippen LogP contribution in [0.5, 0.6) is 0 Å². The first-order valence-electron chi connectivity index (χ1n) is 2.17. The number of oxazole rings is 1. The lowest BCUT2D eigenvalue weighted by atomic mass is 11.0. The lowest BCUT2D eigenvalue weighted by molar-refractivity contribution is 0.320. The van der Waals surface area contributed by atoms with Crippen molar-refractivity contribution in [3.05, 3.63) is 12.5 Å². The number of nitrogens with zero attached hydrogens (tertiary/aromatic N) is 1. The Labute approximate surface area is 46.2 Å². The Bertz CT molecular complexity index is 138. The average molecular weight is 114 g/mol. The van der Waals surface area contributed by atoms with Crippen LogP contribution in [0.25, 0.3) is 0 Å². The summed E-state index contributed by atoms with van der Waals surface area (Å²) in [5, 5.41) is 10.7. The van der Waals surface area contributed by atoms with E-state index >= 15 is 0 Å². The van der Waals surface area contributed by atoms with Gasteiger partial charge in [0.15, 0.2) is 0 Å². The topological polar surface area (TPSA) is 58.3 Å². The molecule has 44 valence electrons. The first kappa shape index (κ1) is 5.11. The molecule has 0 aliphatic heterocycles. The van der Waals surface area contributed by atoms with Crippen molar-refractivity contribution >= 4 is 6.01 Å². The van der Waals surface area contributed by atoms with Crippen LogP contribution in [0.1, 0.15) is 0 Å². The molecule has 0 spiro atoms. The third-order valence-corrected chi connectivity index (χ3v) is 0.663. The Balaban J connectivity index is 2.50. The Morgan fingerprint density at radius 1 is 1.88 bits per heavy atom. The second-order valence-electron chi connectivity index (χ2n) is 1.17. The number of aromatic nitrogens is 1. The molecule has 0 saturated heterocycles. The predicted molar refractivity (Wildman–Crippen MR) is 27.2 cm³/mol. The second kappa shape index (κ2) is 2.32. The first-order chi connectivity index (χ1) is 3.93. The van der Waals surface area contributed by atoms with Gasteiger partial charge in [0.25, 0.3) is 6.01 Å². The number of nitrogens with one attached hydrogen (secondary N) is 1. The van der Waals surface area contributed by atoms with E-state index in [1.807, 2.05) is 0 Å². The van der Waals surface area contributed by atoms with Crippen LogP contribution >= 0.6 is 0 Å². The third-order valence-electron chi connectivity index (χ3n) is 0.663. The number of hydrogen-bond donors (Lipinski definition) is 2. The zero-order valence-corrected chi connectivity index (χ0v) is 4.16. The maximum Gasteiger partial charge on any atom is 0.296 e. The highest BCUT2D eigenvalue weighted by Crippen LogP contribution is 1.97. The molecule has 4 nitrogen and oxygen atoms in total. The van der Waals surface area contributed by atoms with Crippen LogP contribution < -0.4 is 5.32 Å². The minimum Gasteiger partial charge on any atom is -0.432 e. The summed E-state index contributed by atoms with van der Waals surface area (Å²) in [5.41, 5.74) is 0. The molecular weight excluding hydrogens is 108 g/mol. The molecule has 1 aromatic rings. The second-order valence-corrected chi connectivity index (χ2v) is 1.17. The van der Waals surface area contributed by atoms with Crippen molar-refractivity contribution in [1.29, 1.82) is 0 Å². The largest absolute Gasteiger partial charge is 0.432 e. The summed E-state index contributed by atoms with van der Waals surface area (Å²) in [6.45, 7) is -0.152. The molecule has 1 rings (SSSR count). The highest BCUT2D eigenvalue weighted by molar-refractivity contribution is 5.15. The van der Waals surface area contributed by atoms with Crippen molar-refractivity contribution in [2.45, 2.75) is 0 Å². The maximum atomic E-state index is 8.23. The summed E-state index contributed by atoms with van der Waals surface area (Å²) >= 11 is 0. The molecule has 4 heteroatoms. The van der Waals surface area contributed by atoms with E-state index in [1.165, 1.54) is 12.5 Å². The van der Waals surface area contributed by atoms with Crippen molar-refractivity contribution in [1.82, 2.24) is 4.98 Å². The molecule has 0 aliphatic carbocycles. The summed E-state index contributed by atoms with van der Waals surface area (Å²) in [6.07, 6.45) is 2.93. The van der Waals surface area contributed by atoms with Gasteiger partial charge in [0, 0.05) is 0 Å². The van der Waals surface area contributed by atoms with Gasteiger partial charge in [-0.25, -0.2) is 4.98 Å². The summed E-state index contributed by atoms with van der Waals surface area (Å²) in [6, 6.07) is 0.340. The molecule has 0 bridgehead atoms. The summed E-state index contributed by atoms with van der Waals surface area (Å²) in [7, 11) is 0. The van der Waals surface area contributed by atoms with Gasteiger partial charge in [0.05, 0.1) is 6.20 Å². The molecule has 0 aliphatic rings. The molecule has 0 atom stereocenters. The Morgan fingerprint density at radius 2 is 2.75 bits per heavy atom. The third kappa shape index (κ3) is 0.974. The first-order valence-corrected chi connectivity index (χ1v) is 2.17. The van der Waals surface area contributed by atoms with Crippen LogP contribution in [0.2, 0.25) is 0 Å². The van der Waals surface area contributed by atoms with Gasteiger partial charge < -0.3 is 14.8 Å². The maximum absolute atomic E-state index is 8.23. The van der Waals surface area contributed by atoms with E-state index < -0.39 is 0 Å². The van der Waals surface area contributed by atoms with Gasteiger partial charge in [-0.3, -0.25) is 0 Å². The van der Waals surface area contributed by atoms with Crippen LogP contribution in [-0.2, 0) is 0 Å². The number of aliphatic hydroxyl groups is 1. The van der Waals surface area contributed by atoms with Crippen LogP contribution in [0.15, 0.2) is 16.9 Å². The summed E-state index contributed by atoms with van der Waals surface area (Å²) in [5.74, 6) is 0. The molecule has 0 amide bonds. The highest BCUT2D eigenvalue weighted by Gasteiger charge is 1.88. The standard InChI is InChI=1S/C4H6N2O2/c7-3-6-4-5-1-2-8-4/h1-2,7H,3H2,(H,5,6). The van der Waals surface area contributed by atoms with E-state index in [-0.39, 0.29) is 6.73 Å². The van der Waals surface area contributed by atoms with Crippen LogP contribution in [0.4, 0.5) is 6.01 Å². The van der Waals surface area contributed by atoms with E-state index in [2.05, 4.69) is 10.3 Å². The number of rotatable bonds is 2. The monoisotopic (exact) mass is 114 g/mol. The molecule has 8 heavy (non-hydrogen) atoms. The van der Waals surface area contributed by atoms with E-state index in [9.17, 15) is 0 Å². The van der Waals surface area contributed by atoms with Gasteiger partial charge in [0.1, 0.15) is 13.0 Å². The molecule has 0 radical (unpaired) electrons. The fourth-order valence-corrected chi connectivity index (χ4v) is 0.378. The zero-order chi connectivity index (χ0) is 5.82. The van der Waals surface area contributed by atoms with Crippen molar-refractivity contribution in [3.8, 4) is 0 Å². The number of aliphatic hydroxyl groups excluding tert-OH is 1. The fourth-order valence-electron chi connectivity index (χ4n) is 0.378. The molecule has 0 aromatic carbocycles. The quantitative estimate of drug-likeness (QED) is 0.533. The molecule has 1 aromatic heterocycles. The smallest absolute Gasteiger partial charge is 0.296 e. The molecule has 0 unspecified atom stereocenters. The lowest BCUT2D eigenvalue weighted by Crippen LogP contribution is -1.98. The van der Waals surface area contributed by atoms with Gasteiger partial charge >= 0.3 is 0 Å². The van der Waals surface area contributed by atoms with E-state index in [1.54, 1.807) is 0 Å². The fraction of sp³-hybridized carbons (Fsp3) is 0.250. The Kier molecular flexibility index (Phi) is 1.48. The van der Waals surface area contributed by atoms with Gasteiger partial charge in [0.2, 0.25) is 0 Å². The Hall–Kier alpha value is -1.03. The molecule has 0 fully saturated rings. The van der Waals surface area contributed by atoms with Gasteiger partial charge in [-0.05, 0) is 0 Å². The molecule has 1 heterocycles. The summed E-state index contributed by atoms with van der Waals surface area (Å²) < 4.78 is 4.69. The van der Waals surface area contributed by atoms with Crippen molar-refractivity contribution in [2.24, 2.45) is 0 Å². The Morgan fingerprint density at radius 3 is 3.25 bits per heavy atom. The van der Waals surface area contributed by atoms with Gasteiger partial charge in [-0.15, -0.1) is 0 Å². The highest BCUT2D eigenvalue weighted by atomic mass is 16.4. The normalized spacial score (nSPS) is 9.12. The van der Waals surface area contributed by atoms with Crippen molar-refractivity contribution in [3.63, 3.8) is 0 Å². The molecule has 2 N–H and O–H groups in total. The van der Waals surface area contributed by atoms with Crippen LogP contribution in [0, 0.1) is 0 Å². The average Bonchev–Trinajstić information content (AvgIpc) is 2.19. The zero-order valence-electron chi connectivity index (χ0n) is 4.16. The van der Waals surface area contributed by atoms with E-state index in [0.717, 1.165) is 0 Å². The predicted octanol–water partition coefficient (Wildman–Crippen LogP) is 0.0363. The minimum atomic E-state index is -0.152. The minimum absolute atomic E-state index is 0.152. The number of anilines is 1. The van der Waals surface area contributed by atoms with Crippen LogP contribution in [0.3, 0.4) is 0 Å². The number of hydrogen-bond acceptors (Lipinski definition) is 4. The van der Waals surface area contributed by atoms with Crippen molar-refractivity contribution < 1.29 is 9.52 Å². The van der Waals surface area contributed by atoms with E-state index in [4.69, 9.17) is 9.52 Å². The van der Waals surface area contributed by atoms with Gasteiger partial charge in [-0.1, -0.05) is 0 Å². The lowest BCUT2D eigenvalue weighted by Gasteiger charge is -1.90. The summed E-state index contributed by atoms with van der Waals surface area (Å²) in [4.78, 5) is 3.67. The SMILES string of the molecule is OCNc1ncco1.